The van der Waals surface area contributed by atoms with Gasteiger partial charge in [0.25, 0.3) is 0 Å². The van der Waals surface area contributed by atoms with E-state index in [1.807, 2.05) is 31.2 Å². The molecule has 9 heteroatoms. The Kier molecular flexibility index (Phi) is 7.46. The molecule has 2 atom stereocenters. The predicted molar refractivity (Wildman–Crippen MR) is 119 cm³/mol. The summed E-state index contributed by atoms with van der Waals surface area (Å²) in [6, 6.07) is 11.6. The molecular weight excluding hydrogens is 440 g/mol. The minimum Gasteiger partial charge on any atom is -0.497 e. The fourth-order valence-corrected chi connectivity index (χ4v) is 5.51. The highest BCUT2D eigenvalue weighted by molar-refractivity contribution is 7.89. The minimum absolute atomic E-state index is 0.0889. The fraction of sp³-hybridized carbons (Fsp3) is 0.409. The van der Waals surface area contributed by atoms with Crippen molar-refractivity contribution in [2.75, 3.05) is 27.3 Å². The Hall–Kier alpha value is -2.29. The predicted octanol–water partition coefficient (Wildman–Crippen LogP) is 3.64. The Morgan fingerprint density at radius 3 is 2.48 bits per heavy atom. The van der Waals surface area contributed by atoms with Crippen LogP contribution in [0.5, 0.6) is 11.5 Å². The number of nitrogens with one attached hydrogen (secondary N) is 1. The molecule has 1 saturated heterocycles. The summed E-state index contributed by atoms with van der Waals surface area (Å²) < 4.78 is 37.8. The number of carbonyl (C=O) groups excluding carboxylic acids is 1. The van der Waals surface area contributed by atoms with E-state index in [2.05, 4.69) is 5.32 Å². The van der Waals surface area contributed by atoms with Gasteiger partial charge < -0.3 is 14.8 Å². The number of carbonyl (C=O) groups is 1. The largest absolute Gasteiger partial charge is 0.497 e. The molecule has 1 fully saturated rings. The van der Waals surface area contributed by atoms with Crippen molar-refractivity contribution in [3.63, 3.8) is 0 Å². The van der Waals surface area contributed by atoms with Crippen LogP contribution in [-0.2, 0) is 14.8 Å². The van der Waals surface area contributed by atoms with E-state index in [-0.39, 0.29) is 28.4 Å². The first kappa shape index (κ1) is 23.4. The average Bonchev–Trinajstić information content (AvgIpc) is 2.79. The van der Waals surface area contributed by atoms with Gasteiger partial charge in [0.1, 0.15) is 11.5 Å². The summed E-state index contributed by atoms with van der Waals surface area (Å²) >= 11 is 6.11. The van der Waals surface area contributed by atoms with E-state index >= 15 is 0 Å². The highest BCUT2D eigenvalue weighted by Gasteiger charge is 2.34. The van der Waals surface area contributed by atoms with Crippen LogP contribution in [0.1, 0.15) is 31.4 Å². The van der Waals surface area contributed by atoms with Crippen LogP contribution in [0.4, 0.5) is 0 Å². The second-order valence-corrected chi connectivity index (χ2v) is 9.85. The Bertz CT molecular complexity index is 1030. The molecule has 2 aromatic rings. The Morgan fingerprint density at radius 2 is 1.87 bits per heavy atom. The van der Waals surface area contributed by atoms with Gasteiger partial charge in [0, 0.05) is 13.1 Å². The monoisotopic (exact) mass is 466 g/mol. The molecule has 3 rings (SSSR count). The summed E-state index contributed by atoms with van der Waals surface area (Å²) in [5.74, 6) is 0.576. The van der Waals surface area contributed by atoms with Crippen molar-refractivity contribution in [2.24, 2.45) is 5.92 Å². The molecule has 1 heterocycles. The second-order valence-electron chi connectivity index (χ2n) is 7.50. The van der Waals surface area contributed by atoms with Crippen molar-refractivity contribution in [1.82, 2.24) is 9.62 Å². The maximum absolute atomic E-state index is 13.1. The summed E-state index contributed by atoms with van der Waals surface area (Å²) in [6.45, 7) is 2.40. The van der Waals surface area contributed by atoms with E-state index in [9.17, 15) is 13.2 Å². The molecule has 1 aliphatic heterocycles. The van der Waals surface area contributed by atoms with Gasteiger partial charge in [-0.2, -0.15) is 4.31 Å². The van der Waals surface area contributed by atoms with Crippen molar-refractivity contribution >= 4 is 27.5 Å². The summed E-state index contributed by atoms with van der Waals surface area (Å²) in [5, 5.41) is 3.23. The van der Waals surface area contributed by atoms with Crippen LogP contribution in [-0.4, -0.2) is 45.9 Å². The molecule has 1 amide bonds. The van der Waals surface area contributed by atoms with Crippen molar-refractivity contribution < 1.29 is 22.7 Å². The van der Waals surface area contributed by atoms with Crippen molar-refractivity contribution in [3.8, 4) is 11.5 Å². The smallest absolute Gasteiger partial charge is 0.243 e. The fourth-order valence-electron chi connectivity index (χ4n) is 3.64. The quantitative estimate of drug-likeness (QED) is 0.673. The lowest BCUT2D eigenvalue weighted by Gasteiger charge is -2.32. The molecule has 0 saturated carbocycles. The van der Waals surface area contributed by atoms with E-state index in [0.717, 1.165) is 11.3 Å². The zero-order valence-electron chi connectivity index (χ0n) is 17.8. The number of halogens is 1. The van der Waals surface area contributed by atoms with Crippen molar-refractivity contribution in [3.05, 3.63) is 53.1 Å². The first-order valence-electron chi connectivity index (χ1n) is 10.0. The van der Waals surface area contributed by atoms with E-state index in [1.54, 1.807) is 7.11 Å². The number of amides is 1. The zero-order valence-corrected chi connectivity index (χ0v) is 19.4. The van der Waals surface area contributed by atoms with E-state index in [0.29, 0.717) is 25.1 Å². The molecule has 0 spiro atoms. The summed E-state index contributed by atoms with van der Waals surface area (Å²) in [4.78, 5) is 12.9. The van der Waals surface area contributed by atoms with Gasteiger partial charge in [-0.3, -0.25) is 4.79 Å². The molecule has 0 bridgehead atoms. The number of ether oxygens (including phenoxy) is 2. The highest BCUT2D eigenvalue weighted by Crippen LogP contribution is 2.30. The molecule has 168 valence electrons. The molecule has 7 nitrogen and oxygen atoms in total. The number of hydrogen-bond donors (Lipinski definition) is 1. The van der Waals surface area contributed by atoms with Gasteiger partial charge >= 0.3 is 0 Å². The lowest BCUT2D eigenvalue weighted by atomic mass is 9.98. The molecule has 0 unspecified atom stereocenters. The summed E-state index contributed by atoms with van der Waals surface area (Å²) in [7, 11) is -0.696. The van der Waals surface area contributed by atoms with Crippen LogP contribution in [0, 0.1) is 5.92 Å². The summed E-state index contributed by atoms with van der Waals surface area (Å²) in [6.07, 6.45) is 1.24. The van der Waals surface area contributed by atoms with Crippen LogP contribution in [0.2, 0.25) is 5.02 Å². The number of hydrogen-bond acceptors (Lipinski definition) is 5. The van der Waals surface area contributed by atoms with E-state index < -0.39 is 15.9 Å². The Labute approximate surface area is 188 Å². The molecule has 0 aromatic heterocycles. The van der Waals surface area contributed by atoms with Crippen molar-refractivity contribution in [1.29, 1.82) is 0 Å². The molecule has 31 heavy (non-hydrogen) atoms. The maximum atomic E-state index is 13.1. The summed E-state index contributed by atoms with van der Waals surface area (Å²) in [5.41, 5.74) is 0.947. The van der Waals surface area contributed by atoms with Gasteiger partial charge in [-0.15, -0.1) is 0 Å². The molecule has 1 N–H and O–H groups in total. The minimum atomic E-state index is -3.76. The van der Waals surface area contributed by atoms with Gasteiger partial charge in [-0.1, -0.05) is 23.7 Å². The number of rotatable bonds is 7. The molecule has 1 aliphatic rings. The Balaban J connectivity index is 1.68. The van der Waals surface area contributed by atoms with Gasteiger partial charge in [-0.05, 0) is 55.7 Å². The van der Waals surface area contributed by atoms with Crippen molar-refractivity contribution in [2.45, 2.75) is 30.7 Å². The SMILES string of the molecule is COc1ccc([C@H](C)NC(=O)[C@@H]2CCCN(S(=O)(=O)c3ccc(OC)c(Cl)c3)C2)cc1. The van der Waals surface area contributed by atoms with Gasteiger partial charge in [0.2, 0.25) is 15.9 Å². The number of nitrogens with zero attached hydrogens (tertiary/aromatic N) is 1. The molecule has 0 radical (unpaired) electrons. The number of piperidine rings is 1. The topological polar surface area (TPSA) is 84.9 Å². The Morgan fingerprint density at radius 1 is 1.16 bits per heavy atom. The second kappa shape index (κ2) is 9.89. The number of methoxy groups -OCH3 is 2. The third kappa shape index (κ3) is 5.31. The number of benzene rings is 2. The molecule has 2 aromatic carbocycles. The highest BCUT2D eigenvalue weighted by atomic mass is 35.5. The lowest BCUT2D eigenvalue weighted by molar-refractivity contribution is -0.126. The van der Waals surface area contributed by atoms with Crippen LogP contribution >= 0.6 is 11.6 Å². The average molecular weight is 467 g/mol. The zero-order chi connectivity index (χ0) is 22.6. The number of sulfonamides is 1. The first-order chi connectivity index (χ1) is 14.8. The molecule has 0 aliphatic carbocycles. The lowest BCUT2D eigenvalue weighted by Crippen LogP contribution is -2.45. The molecular formula is C22H27ClN2O5S. The van der Waals surface area contributed by atoms with Crippen LogP contribution in [0.25, 0.3) is 0 Å². The van der Waals surface area contributed by atoms with E-state index in [1.165, 1.54) is 29.6 Å². The van der Waals surface area contributed by atoms with Gasteiger partial charge in [0.05, 0.1) is 36.1 Å². The third-order valence-electron chi connectivity index (χ3n) is 5.49. The van der Waals surface area contributed by atoms with E-state index in [4.69, 9.17) is 21.1 Å². The first-order valence-corrected chi connectivity index (χ1v) is 11.9. The van der Waals surface area contributed by atoms with Crippen LogP contribution < -0.4 is 14.8 Å². The standard InChI is InChI=1S/C22H27ClN2O5S/c1-15(16-6-8-18(29-2)9-7-16)24-22(26)17-5-4-12-25(14-17)31(27,28)19-10-11-21(30-3)20(23)13-19/h6-11,13,15,17H,4-5,12,14H2,1-3H3,(H,24,26)/t15-,17+/m0/s1. The van der Waals surface area contributed by atoms with Gasteiger partial charge in [-0.25, -0.2) is 8.42 Å². The van der Waals surface area contributed by atoms with Crippen LogP contribution in [0.3, 0.4) is 0 Å². The van der Waals surface area contributed by atoms with Gasteiger partial charge in [0.15, 0.2) is 0 Å². The normalized spacial score (nSPS) is 18.3. The third-order valence-corrected chi connectivity index (χ3v) is 7.65. The van der Waals surface area contributed by atoms with Crippen LogP contribution in [0.15, 0.2) is 47.4 Å². The maximum Gasteiger partial charge on any atom is 0.243 e.